The maximum Gasteiger partial charge on any atom is 0.0541 e. The first kappa shape index (κ1) is 40.6. The molecule has 2 aromatic heterocycles. The molecule has 0 saturated carbocycles. The molecule has 2 heterocycles. The maximum absolute atomic E-state index is 2.41. The first-order valence-electron chi connectivity index (χ1n) is 24.4. The van der Waals surface area contributed by atoms with E-state index in [2.05, 4.69) is 287 Å². The van der Waals surface area contributed by atoms with Gasteiger partial charge in [0.2, 0.25) is 0 Å². The minimum absolute atomic E-state index is 1.12. The summed E-state index contributed by atoms with van der Waals surface area (Å²) in [6.45, 7) is 0. The number of rotatable bonds is 8. The van der Waals surface area contributed by atoms with E-state index in [1.807, 2.05) is 0 Å². The van der Waals surface area contributed by atoms with Gasteiger partial charge in [-0.3, -0.25) is 0 Å². The van der Waals surface area contributed by atoms with Crippen LogP contribution in [0.15, 0.2) is 273 Å². The predicted molar refractivity (Wildman–Crippen MR) is 301 cm³/mol. The Labute approximate surface area is 412 Å². The molecule has 0 atom stereocenters. The van der Waals surface area contributed by atoms with Gasteiger partial charge in [0.15, 0.2) is 0 Å². The van der Waals surface area contributed by atoms with Crippen LogP contribution >= 0.6 is 0 Å². The van der Waals surface area contributed by atoms with Crippen LogP contribution in [0.3, 0.4) is 0 Å². The number of para-hydroxylation sites is 6. The van der Waals surface area contributed by atoms with Gasteiger partial charge in [-0.1, -0.05) is 152 Å². The summed E-state index contributed by atoms with van der Waals surface area (Å²) in [7, 11) is 0. The molecule has 0 radical (unpaired) electrons. The lowest BCUT2D eigenvalue weighted by Crippen LogP contribution is -2.09. The van der Waals surface area contributed by atoms with Crippen molar-refractivity contribution in [2.45, 2.75) is 0 Å². The van der Waals surface area contributed by atoms with Crippen LogP contribution in [0.1, 0.15) is 0 Å². The van der Waals surface area contributed by atoms with Gasteiger partial charge in [0.1, 0.15) is 0 Å². The van der Waals surface area contributed by atoms with Gasteiger partial charge in [0.05, 0.1) is 22.1 Å². The number of hydrogen-bond acceptors (Lipinski definition) is 1. The fraction of sp³-hybridized carbons (Fsp3) is 0. The molecule has 71 heavy (non-hydrogen) atoms. The smallest absolute Gasteiger partial charge is 0.0541 e. The highest BCUT2D eigenvalue weighted by Gasteiger charge is 2.19. The number of anilines is 3. The fourth-order valence-electron chi connectivity index (χ4n) is 11.2. The third-order valence-corrected chi connectivity index (χ3v) is 14.4. The average molecular weight is 904 g/mol. The molecule has 0 unspecified atom stereocenters. The van der Waals surface area contributed by atoms with Crippen molar-refractivity contribution in [2.75, 3.05) is 4.90 Å². The van der Waals surface area contributed by atoms with Crippen molar-refractivity contribution < 1.29 is 0 Å². The van der Waals surface area contributed by atoms with E-state index in [0.717, 1.165) is 28.4 Å². The zero-order chi connectivity index (χ0) is 46.8. The standard InChI is InChI=1S/C68H45N3/c1-5-19-52(20-6-1)69(53-21-7-2-8-22-53)56-36-33-48-44-61(57-27-13-14-28-58(57)62(48)45-56)51-40-49(46-34-37-67-63(42-46)59-29-15-17-31-65(59)70(67)54-23-9-3-10-24-54)39-50(41-51)47-35-38-68-64(43-47)60-30-16-18-32-66(60)71(68)55-25-11-4-12-26-55/h1-45H. The Morgan fingerprint density at radius 1 is 0.225 bits per heavy atom. The lowest BCUT2D eigenvalue weighted by atomic mass is 9.88. The predicted octanol–water partition coefficient (Wildman–Crippen LogP) is 18.7. The van der Waals surface area contributed by atoms with Crippen LogP contribution in [0, 0.1) is 0 Å². The van der Waals surface area contributed by atoms with E-state index in [1.54, 1.807) is 0 Å². The van der Waals surface area contributed by atoms with Crippen molar-refractivity contribution >= 4 is 82.2 Å². The minimum Gasteiger partial charge on any atom is -0.310 e. The highest BCUT2D eigenvalue weighted by atomic mass is 15.1. The van der Waals surface area contributed by atoms with E-state index in [9.17, 15) is 0 Å². The molecule has 3 nitrogen and oxygen atoms in total. The molecular formula is C68H45N3. The Bertz CT molecular complexity index is 4110. The molecule has 0 spiro atoms. The zero-order valence-corrected chi connectivity index (χ0v) is 38.8. The second kappa shape index (κ2) is 16.7. The second-order valence-corrected chi connectivity index (χ2v) is 18.5. The number of aromatic nitrogens is 2. The number of nitrogens with zero attached hydrogens (tertiary/aromatic N) is 3. The Balaban J connectivity index is 0.990. The van der Waals surface area contributed by atoms with E-state index >= 15 is 0 Å². The lowest BCUT2D eigenvalue weighted by molar-refractivity contribution is 1.18. The second-order valence-electron chi connectivity index (χ2n) is 18.5. The van der Waals surface area contributed by atoms with Crippen LogP contribution in [-0.4, -0.2) is 9.13 Å². The summed E-state index contributed by atoms with van der Waals surface area (Å²) in [5.41, 5.74) is 17.5. The Morgan fingerprint density at radius 3 is 1.17 bits per heavy atom. The Morgan fingerprint density at radius 2 is 0.648 bits per heavy atom. The van der Waals surface area contributed by atoms with Gasteiger partial charge >= 0.3 is 0 Å². The van der Waals surface area contributed by atoms with E-state index in [1.165, 1.54) is 98.5 Å². The molecule has 332 valence electrons. The van der Waals surface area contributed by atoms with Gasteiger partial charge < -0.3 is 14.0 Å². The topological polar surface area (TPSA) is 13.1 Å². The molecule has 0 amide bonds. The zero-order valence-electron chi connectivity index (χ0n) is 38.8. The fourth-order valence-corrected chi connectivity index (χ4v) is 11.2. The molecular weight excluding hydrogens is 859 g/mol. The van der Waals surface area contributed by atoms with Crippen molar-refractivity contribution in [2.24, 2.45) is 0 Å². The van der Waals surface area contributed by atoms with Crippen molar-refractivity contribution in [3.05, 3.63) is 273 Å². The molecule has 0 fully saturated rings. The van der Waals surface area contributed by atoms with Crippen LogP contribution in [-0.2, 0) is 0 Å². The Kier molecular flexibility index (Phi) is 9.53. The van der Waals surface area contributed by atoms with Crippen LogP contribution in [0.5, 0.6) is 0 Å². The molecule has 0 bridgehead atoms. The number of hydrogen-bond donors (Lipinski definition) is 0. The summed E-state index contributed by atoms with van der Waals surface area (Å²) in [6, 6.07) is 99.9. The summed E-state index contributed by atoms with van der Waals surface area (Å²) < 4.78 is 4.78. The third-order valence-electron chi connectivity index (χ3n) is 14.4. The number of fused-ring (bicyclic) bond motifs is 9. The minimum atomic E-state index is 1.12. The summed E-state index contributed by atoms with van der Waals surface area (Å²) in [4.78, 5) is 2.35. The molecule has 14 rings (SSSR count). The van der Waals surface area contributed by atoms with E-state index < -0.39 is 0 Å². The van der Waals surface area contributed by atoms with Gasteiger partial charge in [0, 0.05) is 50.0 Å². The highest BCUT2D eigenvalue weighted by Crippen LogP contribution is 2.44. The van der Waals surface area contributed by atoms with Crippen molar-refractivity contribution in [3.8, 4) is 44.8 Å². The largest absolute Gasteiger partial charge is 0.310 e. The molecule has 0 aliphatic heterocycles. The van der Waals surface area contributed by atoms with Crippen molar-refractivity contribution in [3.63, 3.8) is 0 Å². The van der Waals surface area contributed by atoms with Crippen LogP contribution in [0.4, 0.5) is 17.1 Å². The molecule has 14 aromatic rings. The van der Waals surface area contributed by atoms with Gasteiger partial charge in [-0.25, -0.2) is 0 Å². The highest BCUT2D eigenvalue weighted by molar-refractivity contribution is 6.16. The summed E-state index contributed by atoms with van der Waals surface area (Å²) in [5.74, 6) is 0. The van der Waals surface area contributed by atoms with Gasteiger partial charge in [-0.15, -0.1) is 0 Å². The monoisotopic (exact) mass is 903 g/mol. The first-order valence-corrected chi connectivity index (χ1v) is 24.4. The van der Waals surface area contributed by atoms with Gasteiger partial charge in [0.25, 0.3) is 0 Å². The summed E-state index contributed by atoms with van der Waals surface area (Å²) >= 11 is 0. The quantitative estimate of drug-likeness (QED) is 0.139. The maximum atomic E-state index is 2.41. The average Bonchev–Trinajstić information content (AvgIpc) is 3.96. The molecule has 0 saturated heterocycles. The normalized spacial score (nSPS) is 11.7. The SMILES string of the molecule is c1ccc(N(c2ccccc2)c2ccc3cc(-c4cc(-c5ccc6c(c5)c5ccccc5n6-c5ccccc5)cc(-c5ccc6c(c5)c5ccccc5n6-c5ccccc5)c4)c4ccccc4c3c2)cc1. The van der Waals surface area contributed by atoms with Gasteiger partial charge in [-0.2, -0.15) is 0 Å². The molecule has 12 aromatic carbocycles. The van der Waals surface area contributed by atoms with Crippen LogP contribution in [0.25, 0.3) is 110 Å². The van der Waals surface area contributed by atoms with Crippen molar-refractivity contribution in [1.29, 1.82) is 0 Å². The van der Waals surface area contributed by atoms with E-state index in [0.29, 0.717) is 0 Å². The van der Waals surface area contributed by atoms with Crippen LogP contribution in [0.2, 0.25) is 0 Å². The number of benzene rings is 12. The first-order chi connectivity index (χ1) is 35.2. The Hall–Kier alpha value is -9.44. The van der Waals surface area contributed by atoms with Crippen molar-refractivity contribution in [1.82, 2.24) is 9.13 Å². The van der Waals surface area contributed by atoms with Gasteiger partial charge in [-0.05, 0) is 176 Å². The van der Waals surface area contributed by atoms with E-state index in [4.69, 9.17) is 0 Å². The molecule has 3 heteroatoms. The molecule has 0 aliphatic rings. The lowest BCUT2D eigenvalue weighted by Gasteiger charge is -2.26. The third kappa shape index (κ3) is 6.82. The van der Waals surface area contributed by atoms with Crippen LogP contribution < -0.4 is 4.90 Å². The summed E-state index contributed by atoms with van der Waals surface area (Å²) in [5, 5.41) is 9.79. The molecule has 0 N–H and O–H groups in total. The van der Waals surface area contributed by atoms with E-state index in [-0.39, 0.29) is 0 Å². The summed E-state index contributed by atoms with van der Waals surface area (Å²) in [6.07, 6.45) is 0. The molecule has 0 aliphatic carbocycles.